The molecule has 2 N–H and O–H groups in total. The van der Waals surface area contributed by atoms with Gasteiger partial charge in [0, 0.05) is 18.8 Å². The summed E-state index contributed by atoms with van der Waals surface area (Å²) in [5.74, 6) is -1.09. The molecule has 5 nitrogen and oxygen atoms in total. The average Bonchev–Trinajstić information content (AvgIpc) is 3.11. The summed E-state index contributed by atoms with van der Waals surface area (Å²) in [7, 11) is 0. The Kier molecular flexibility index (Phi) is 2.29. The second-order valence-corrected chi connectivity index (χ2v) is 4.68. The van der Waals surface area contributed by atoms with Gasteiger partial charge in [0.1, 0.15) is 5.56 Å². The highest BCUT2D eigenvalue weighted by Gasteiger charge is 2.29. The van der Waals surface area contributed by atoms with Crippen LogP contribution >= 0.6 is 0 Å². The van der Waals surface area contributed by atoms with Crippen molar-refractivity contribution in [3.8, 4) is 0 Å². The molecule has 2 aliphatic rings. The molecule has 90 valence electrons. The molecule has 0 unspecified atom stereocenters. The number of nitrogens with zero attached hydrogens (tertiary/aromatic N) is 1. The lowest BCUT2D eigenvalue weighted by atomic mass is 9.98. The van der Waals surface area contributed by atoms with Crippen LogP contribution < -0.4 is 10.9 Å². The number of carboxylic acid groups (broad SMARTS) is 1. The van der Waals surface area contributed by atoms with Gasteiger partial charge in [-0.1, -0.05) is 0 Å². The van der Waals surface area contributed by atoms with E-state index in [0.29, 0.717) is 13.0 Å². The van der Waals surface area contributed by atoms with Gasteiger partial charge in [0.05, 0.1) is 0 Å². The van der Waals surface area contributed by atoms with E-state index < -0.39 is 5.97 Å². The summed E-state index contributed by atoms with van der Waals surface area (Å²) in [5, 5.41) is 12.4. The molecule has 1 aliphatic carbocycles. The minimum Gasteiger partial charge on any atom is -0.477 e. The van der Waals surface area contributed by atoms with Crippen LogP contribution in [-0.4, -0.2) is 22.2 Å². The van der Waals surface area contributed by atoms with Gasteiger partial charge in [-0.15, -0.1) is 0 Å². The molecule has 0 spiro atoms. The summed E-state index contributed by atoms with van der Waals surface area (Å²) in [4.78, 5) is 23.4. The Labute approximate surface area is 98.1 Å². The van der Waals surface area contributed by atoms with Crippen molar-refractivity contribution in [3.63, 3.8) is 0 Å². The normalized spacial score (nSPS) is 18.8. The highest BCUT2D eigenvalue weighted by atomic mass is 16.4. The molecule has 0 saturated heterocycles. The zero-order valence-corrected chi connectivity index (χ0v) is 9.40. The van der Waals surface area contributed by atoms with Gasteiger partial charge in [0.15, 0.2) is 0 Å². The third-order valence-electron chi connectivity index (χ3n) is 3.45. The number of hydrogen-bond donors (Lipinski definition) is 2. The van der Waals surface area contributed by atoms with Crippen molar-refractivity contribution in [1.82, 2.24) is 9.88 Å². The van der Waals surface area contributed by atoms with E-state index in [0.717, 1.165) is 30.5 Å². The van der Waals surface area contributed by atoms with Crippen LogP contribution in [0.1, 0.15) is 40.4 Å². The Balaban J connectivity index is 2.25. The van der Waals surface area contributed by atoms with Gasteiger partial charge in [0.2, 0.25) is 0 Å². The quantitative estimate of drug-likeness (QED) is 0.783. The molecule has 1 saturated carbocycles. The number of pyridine rings is 1. The Morgan fingerprint density at radius 2 is 2.24 bits per heavy atom. The first kappa shape index (κ1) is 10.5. The molecule has 2 heterocycles. The van der Waals surface area contributed by atoms with Gasteiger partial charge in [-0.05, 0) is 36.9 Å². The third-order valence-corrected chi connectivity index (χ3v) is 3.45. The zero-order chi connectivity index (χ0) is 12.0. The molecule has 1 aromatic heterocycles. The van der Waals surface area contributed by atoms with Crippen LogP contribution in [-0.2, 0) is 13.0 Å². The maximum absolute atomic E-state index is 12.1. The zero-order valence-electron chi connectivity index (χ0n) is 9.40. The standard InChI is InChI=1S/C12H14N2O3/c15-11-10(12(16)17)9-3-4-13-5-7(9)6-14(11)8-1-2-8/h6,8,13H,1-5H2,(H,16,17). The number of aromatic carboxylic acids is 1. The van der Waals surface area contributed by atoms with Crippen LogP contribution in [0, 0.1) is 0 Å². The van der Waals surface area contributed by atoms with E-state index in [9.17, 15) is 14.7 Å². The molecule has 0 bridgehead atoms. The van der Waals surface area contributed by atoms with Crippen molar-refractivity contribution in [2.24, 2.45) is 0 Å². The maximum Gasteiger partial charge on any atom is 0.341 e. The topological polar surface area (TPSA) is 71.3 Å². The van der Waals surface area contributed by atoms with Crippen LogP contribution in [0.4, 0.5) is 0 Å². The number of hydrogen-bond acceptors (Lipinski definition) is 3. The monoisotopic (exact) mass is 234 g/mol. The van der Waals surface area contributed by atoms with E-state index in [1.165, 1.54) is 0 Å². The number of rotatable bonds is 2. The van der Waals surface area contributed by atoms with Crippen molar-refractivity contribution >= 4 is 5.97 Å². The van der Waals surface area contributed by atoms with Crippen molar-refractivity contribution in [3.05, 3.63) is 33.2 Å². The first-order valence-electron chi connectivity index (χ1n) is 5.89. The first-order chi connectivity index (χ1) is 8.18. The Hall–Kier alpha value is -1.62. The van der Waals surface area contributed by atoms with Crippen LogP contribution in [0.15, 0.2) is 11.0 Å². The third kappa shape index (κ3) is 1.67. The Morgan fingerprint density at radius 3 is 2.88 bits per heavy atom. The van der Waals surface area contributed by atoms with E-state index in [4.69, 9.17) is 0 Å². The van der Waals surface area contributed by atoms with Crippen molar-refractivity contribution in [1.29, 1.82) is 0 Å². The molecule has 3 rings (SSSR count). The fourth-order valence-corrected chi connectivity index (χ4v) is 2.44. The predicted molar refractivity (Wildman–Crippen MR) is 61.3 cm³/mol. The number of carboxylic acids is 1. The van der Waals surface area contributed by atoms with Gasteiger partial charge in [-0.3, -0.25) is 4.79 Å². The average molecular weight is 234 g/mol. The lowest BCUT2D eigenvalue weighted by Crippen LogP contribution is -2.34. The predicted octanol–water partition coefficient (Wildman–Crippen LogP) is 0.527. The van der Waals surface area contributed by atoms with Gasteiger partial charge in [-0.25, -0.2) is 4.79 Å². The van der Waals surface area contributed by atoms with Crippen molar-refractivity contribution in [2.75, 3.05) is 6.54 Å². The van der Waals surface area contributed by atoms with Gasteiger partial charge in [-0.2, -0.15) is 0 Å². The van der Waals surface area contributed by atoms with E-state index in [-0.39, 0.29) is 17.2 Å². The second kappa shape index (κ2) is 3.70. The van der Waals surface area contributed by atoms with Crippen LogP contribution in [0.25, 0.3) is 0 Å². The fraction of sp³-hybridized carbons (Fsp3) is 0.500. The molecule has 1 fully saturated rings. The van der Waals surface area contributed by atoms with Gasteiger partial charge >= 0.3 is 5.97 Å². The van der Waals surface area contributed by atoms with Crippen LogP contribution in [0.2, 0.25) is 0 Å². The van der Waals surface area contributed by atoms with Gasteiger partial charge in [0.25, 0.3) is 5.56 Å². The largest absolute Gasteiger partial charge is 0.477 e. The van der Waals surface area contributed by atoms with E-state index in [2.05, 4.69) is 5.32 Å². The van der Waals surface area contributed by atoms with Gasteiger partial charge < -0.3 is 15.0 Å². The summed E-state index contributed by atoms with van der Waals surface area (Å²) < 4.78 is 1.61. The molecule has 0 radical (unpaired) electrons. The molecule has 1 aromatic rings. The number of carbonyl (C=O) groups is 1. The highest BCUT2D eigenvalue weighted by Crippen LogP contribution is 2.34. The minimum absolute atomic E-state index is 0.0177. The lowest BCUT2D eigenvalue weighted by Gasteiger charge is -2.20. The van der Waals surface area contributed by atoms with Crippen LogP contribution in [0.5, 0.6) is 0 Å². The second-order valence-electron chi connectivity index (χ2n) is 4.68. The molecule has 5 heteroatoms. The summed E-state index contributed by atoms with van der Waals surface area (Å²) in [5.41, 5.74) is 1.33. The maximum atomic E-state index is 12.1. The SMILES string of the molecule is O=C(O)c1c2c(cn(C3CC3)c1=O)CNCC2. The highest BCUT2D eigenvalue weighted by molar-refractivity contribution is 5.89. The number of fused-ring (bicyclic) bond motifs is 1. The molecule has 0 amide bonds. The molecule has 17 heavy (non-hydrogen) atoms. The summed E-state index contributed by atoms with van der Waals surface area (Å²) in [6, 6.07) is 0.216. The fourth-order valence-electron chi connectivity index (χ4n) is 2.44. The smallest absolute Gasteiger partial charge is 0.341 e. The molecular formula is C12H14N2O3. The number of nitrogens with one attached hydrogen (secondary N) is 1. The van der Waals surface area contributed by atoms with Crippen LogP contribution in [0.3, 0.4) is 0 Å². The molecule has 0 aromatic carbocycles. The molecular weight excluding hydrogens is 220 g/mol. The Bertz CT molecular complexity index is 543. The lowest BCUT2D eigenvalue weighted by molar-refractivity contribution is 0.0692. The van der Waals surface area contributed by atoms with E-state index >= 15 is 0 Å². The first-order valence-corrected chi connectivity index (χ1v) is 5.89. The van der Waals surface area contributed by atoms with Crippen molar-refractivity contribution in [2.45, 2.75) is 31.8 Å². The Morgan fingerprint density at radius 1 is 1.47 bits per heavy atom. The molecule has 0 atom stereocenters. The van der Waals surface area contributed by atoms with E-state index in [1.54, 1.807) is 4.57 Å². The van der Waals surface area contributed by atoms with Crippen molar-refractivity contribution < 1.29 is 9.90 Å². The molecule has 1 aliphatic heterocycles. The summed E-state index contributed by atoms with van der Waals surface area (Å²) in [6.07, 6.45) is 4.42. The summed E-state index contributed by atoms with van der Waals surface area (Å²) >= 11 is 0. The van der Waals surface area contributed by atoms with E-state index in [1.807, 2.05) is 6.20 Å². The minimum atomic E-state index is -1.09. The number of aromatic nitrogens is 1. The summed E-state index contributed by atoms with van der Waals surface area (Å²) in [6.45, 7) is 1.39.